The first kappa shape index (κ1) is 10.5. The molecule has 0 aliphatic carbocycles. The number of hydrogen-bond acceptors (Lipinski definition) is 1. The average molecular weight is 215 g/mol. The molecule has 0 radical (unpaired) electrons. The molecule has 70 valence electrons. The van der Waals surface area contributed by atoms with Crippen LogP contribution in [-0.2, 0) is 10.8 Å². The van der Waals surface area contributed by atoms with E-state index in [1.165, 1.54) is 0 Å². The van der Waals surface area contributed by atoms with Crippen molar-refractivity contribution in [2.75, 3.05) is 0 Å². The fourth-order valence-electron chi connectivity index (χ4n) is 0.893. The van der Waals surface area contributed by atoms with Crippen LogP contribution in [0.2, 0.25) is 0 Å². The molecule has 0 saturated carbocycles. The minimum Gasteiger partial charge on any atom is -0.248 e. The fraction of sp³-hybridized carbons (Fsp3) is 0.200. The van der Waals surface area contributed by atoms with Gasteiger partial charge >= 0.3 is 0 Å². The van der Waals surface area contributed by atoms with Gasteiger partial charge in [-0.1, -0.05) is 42.8 Å². The molecule has 0 saturated heterocycles. The number of hydrogen-bond donors (Lipinski definition) is 0. The van der Waals surface area contributed by atoms with E-state index in [1.807, 2.05) is 37.3 Å². The molecule has 0 aliphatic rings. The van der Waals surface area contributed by atoms with Crippen molar-refractivity contribution in [3.05, 3.63) is 40.8 Å². The zero-order chi connectivity index (χ0) is 9.68. The summed E-state index contributed by atoms with van der Waals surface area (Å²) in [7, 11) is -1.20. The van der Waals surface area contributed by atoms with Crippen molar-refractivity contribution < 1.29 is 4.21 Å². The molecule has 1 aromatic rings. The van der Waals surface area contributed by atoms with Gasteiger partial charge in [0.05, 0.1) is 10.8 Å². The zero-order valence-corrected chi connectivity index (χ0v) is 8.94. The van der Waals surface area contributed by atoms with Crippen LogP contribution in [0.4, 0.5) is 0 Å². The van der Waals surface area contributed by atoms with Crippen LogP contribution in [0, 0.1) is 0 Å². The molecule has 0 aliphatic heterocycles. The van der Waals surface area contributed by atoms with Gasteiger partial charge in [-0.2, -0.15) is 0 Å². The van der Waals surface area contributed by atoms with E-state index in [-0.39, 0.29) is 0 Å². The van der Waals surface area contributed by atoms with E-state index in [4.69, 9.17) is 11.6 Å². The Morgan fingerprint density at radius 1 is 1.46 bits per heavy atom. The van der Waals surface area contributed by atoms with Crippen LogP contribution in [0.3, 0.4) is 0 Å². The maximum atomic E-state index is 11.6. The van der Waals surface area contributed by atoms with Crippen LogP contribution >= 0.6 is 11.6 Å². The second-order valence-corrected chi connectivity index (χ2v) is 4.58. The molecule has 0 aromatic heterocycles. The molecule has 1 rings (SSSR count). The molecule has 0 fully saturated rings. The number of halogens is 1. The Hall–Kier alpha value is -0.600. The minimum atomic E-state index is -1.20. The van der Waals surface area contributed by atoms with E-state index in [1.54, 1.807) is 6.08 Å². The first-order chi connectivity index (χ1) is 6.25. The summed E-state index contributed by atoms with van der Waals surface area (Å²) in [5.41, 5.74) is 0. The van der Waals surface area contributed by atoms with E-state index >= 15 is 0 Å². The largest absolute Gasteiger partial charge is 0.248 e. The summed E-state index contributed by atoms with van der Waals surface area (Å²) in [6.07, 6.45) is 2.57. The minimum absolute atomic E-state index is 0.411. The Morgan fingerprint density at radius 3 is 2.62 bits per heavy atom. The summed E-state index contributed by atoms with van der Waals surface area (Å²) >= 11 is 5.83. The van der Waals surface area contributed by atoms with Crippen molar-refractivity contribution >= 4 is 22.4 Å². The third kappa shape index (κ3) is 2.98. The van der Waals surface area contributed by atoms with Crippen LogP contribution in [0.15, 0.2) is 45.7 Å². The molecular formula is C10H11ClOS. The van der Waals surface area contributed by atoms with Crippen LogP contribution in [-0.4, -0.2) is 4.21 Å². The van der Waals surface area contributed by atoms with Crippen molar-refractivity contribution in [2.24, 2.45) is 0 Å². The predicted molar refractivity (Wildman–Crippen MR) is 57.1 cm³/mol. The van der Waals surface area contributed by atoms with Crippen molar-refractivity contribution in [1.29, 1.82) is 0 Å². The monoisotopic (exact) mass is 214 g/mol. The van der Waals surface area contributed by atoms with Crippen molar-refractivity contribution in [1.82, 2.24) is 0 Å². The highest BCUT2D eigenvalue weighted by molar-refractivity contribution is 7.90. The lowest BCUT2D eigenvalue weighted by atomic mass is 10.4. The highest BCUT2D eigenvalue weighted by Crippen LogP contribution is 2.17. The quantitative estimate of drug-likeness (QED) is 0.755. The lowest BCUT2D eigenvalue weighted by Crippen LogP contribution is -1.89. The van der Waals surface area contributed by atoms with Crippen molar-refractivity contribution in [2.45, 2.75) is 18.2 Å². The van der Waals surface area contributed by atoms with Gasteiger partial charge in [0.2, 0.25) is 0 Å². The molecule has 3 heteroatoms. The van der Waals surface area contributed by atoms with Crippen molar-refractivity contribution in [3.8, 4) is 0 Å². The Kier molecular flexibility index (Phi) is 4.19. The first-order valence-electron chi connectivity index (χ1n) is 4.08. The van der Waals surface area contributed by atoms with Gasteiger partial charge in [-0.15, -0.1) is 0 Å². The van der Waals surface area contributed by atoms with Gasteiger partial charge in [0.25, 0.3) is 0 Å². The number of rotatable bonds is 3. The molecule has 0 bridgehead atoms. The molecular weight excluding hydrogens is 204 g/mol. The van der Waals surface area contributed by atoms with Gasteiger partial charge in [-0.25, -0.2) is 4.21 Å². The molecule has 0 heterocycles. The smallest absolute Gasteiger partial charge is 0.105 e. The van der Waals surface area contributed by atoms with E-state index < -0.39 is 10.8 Å². The standard InChI is InChI=1S/C10H11ClOS/c1-2-6-10(11)13(12)9-7-4-3-5-8-9/h3-8H,2H2,1H3/b10-6-. The average Bonchev–Trinajstić information content (AvgIpc) is 2.18. The van der Waals surface area contributed by atoms with E-state index in [0.29, 0.717) is 4.36 Å². The van der Waals surface area contributed by atoms with Crippen LogP contribution in [0.5, 0.6) is 0 Å². The van der Waals surface area contributed by atoms with Gasteiger partial charge in [0.15, 0.2) is 0 Å². The van der Waals surface area contributed by atoms with Crippen LogP contribution in [0.1, 0.15) is 13.3 Å². The lowest BCUT2D eigenvalue weighted by molar-refractivity contribution is 0.688. The third-order valence-corrected chi connectivity index (χ3v) is 3.29. The maximum absolute atomic E-state index is 11.6. The summed E-state index contributed by atoms with van der Waals surface area (Å²) in [6, 6.07) is 9.20. The Bertz CT molecular complexity index is 319. The third-order valence-electron chi connectivity index (χ3n) is 1.50. The zero-order valence-electron chi connectivity index (χ0n) is 7.37. The summed E-state index contributed by atoms with van der Waals surface area (Å²) in [5, 5.41) is 0. The second-order valence-electron chi connectivity index (χ2n) is 2.50. The maximum Gasteiger partial charge on any atom is 0.105 e. The molecule has 0 N–H and O–H groups in total. The van der Waals surface area contributed by atoms with E-state index in [2.05, 4.69) is 0 Å². The first-order valence-corrected chi connectivity index (χ1v) is 5.61. The van der Waals surface area contributed by atoms with Gasteiger partial charge in [0, 0.05) is 4.90 Å². The summed E-state index contributed by atoms with van der Waals surface area (Å²) in [5.74, 6) is 0. The van der Waals surface area contributed by atoms with E-state index in [9.17, 15) is 4.21 Å². The Labute approximate surface area is 85.9 Å². The van der Waals surface area contributed by atoms with Gasteiger partial charge in [0.1, 0.15) is 4.36 Å². The topological polar surface area (TPSA) is 17.1 Å². The Morgan fingerprint density at radius 2 is 2.08 bits per heavy atom. The highest BCUT2D eigenvalue weighted by atomic mass is 35.5. The van der Waals surface area contributed by atoms with Gasteiger partial charge in [-0.05, 0) is 18.6 Å². The fourth-order valence-corrected chi connectivity index (χ4v) is 2.26. The molecule has 1 unspecified atom stereocenters. The Balaban J connectivity index is 2.86. The highest BCUT2D eigenvalue weighted by Gasteiger charge is 2.05. The van der Waals surface area contributed by atoms with Gasteiger partial charge in [-0.3, -0.25) is 0 Å². The van der Waals surface area contributed by atoms with Gasteiger partial charge < -0.3 is 0 Å². The summed E-state index contributed by atoms with van der Waals surface area (Å²) in [6.45, 7) is 1.96. The van der Waals surface area contributed by atoms with Crippen LogP contribution in [0.25, 0.3) is 0 Å². The van der Waals surface area contributed by atoms with Crippen LogP contribution < -0.4 is 0 Å². The molecule has 1 atom stereocenters. The van der Waals surface area contributed by atoms with E-state index in [0.717, 1.165) is 11.3 Å². The number of benzene rings is 1. The number of allylic oxidation sites excluding steroid dienone is 1. The molecule has 1 nitrogen and oxygen atoms in total. The molecule has 0 amide bonds. The lowest BCUT2D eigenvalue weighted by Gasteiger charge is -1.98. The predicted octanol–water partition coefficient (Wildman–Crippen LogP) is 3.28. The normalized spacial score (nSPS) is 14.2. The van der Waals surface area contributed by atoms with Crippen molar-refractivity contribution in [3.63, 3.8) is 0 Å². The molecule has 13 heavy (non-hydrogen) atoms. The SMILES string of the molecule is CC/C=C(/Cl)S(=O)c1ccccc1. The summed E-state index contributed by atoms with van der Waals surface area (Å²) < 4.78 is 12.1. The molecule has 0 spiro atoms. The molecule has 1 aromatic carbocycles. The second kappa shape index (κ2) is 5.20. The summed E-state index contributed by atoms with van der Waals surface area (Å²) in [4.78, 5) is 0.747.